The van der Waals surface area contributed by atoms with E-state index in [9.17, 15) is 4.39 Å². The third kappa shape index (κ3) is 4.33. The quantitative estimate of drug-likeness (QED) is 0.782. The number of aryl methyl sites for hydroxylation is 2. The zero-order valence-electron chi connectivity index (χ0n) is 13.1. The van der Waals surface area contributed by atoms with Gasteiger partial charge in [-0.15, -0.1) is 0 Å². The summed E-state index contributed by atoms with van der Waals surface area (Å²) in [6, 6.07) is 8.44. The van der Waals surface area contributed by atoms with Crippen LogP contribution in [0.1, 0.15) is 16.7 Å². The van der Waals surface area contributed by atoms with Gasteiger partial charge in [0.1, 0.15) is 6.61 Å². The Labute approximate surface area is 145 Å². The SMILES string of the molecule is COC(=S)Nc1cccc(Cl)c1COc1cc(C)c(C)cc1F. The standard InChI is InChI=1S/C17H17ClFNO2S/c1-10-7-14(19)16(8-11(10)2)22-9-12-13(18)5-4-6-15(12)20-17(23)21-3/h4-8H,9H2,1-3H3,(H,20,23). The lowest BCUT2D eigenvalue weighted by atomic mass is 10.1. The highest BCUT2D eigenvalue weighted by atomic mass is 35.5. The fourth-order valence-electron chi connectivity index (χ4n) is 2.00. The number of methoxy groups -OCH3 is 1. The number of thiocarbonyl (C=S) groups is 1. The molecule has 0 radical (unpaired) electrons. The molecular formula is C17H17ClFNO2S. The van der Waals surface area contributed by atoms with Crippen LogP contribution in [0, 0.1) is 19.7 Å². The molecule has 0 bridgehead atoms. The van der Waals surface area contributed by atoms with E-state index in [-0.39, 0.29) is 17.5 Å². The molecule has 122 valence electrons. The fraction of sp³-hybridized carbons (Fsp3) is 0.235. The molecule has 0 spiro atoms. The van der Waals surface area contributed by atoms with Crippen LogP contribution in [0.2, 0.25) is 5.02 Å². The number of hydrogen-bond donors (Lipinski definition) is 1. The van der Waals surface area contributed by atoms with Crippen LogP contribution in [0.5, 0.6) is 5.75 Å². The molecule has 3 nitrogen and oxygen atoms in total. The van der Waals surface area contributed by atoms with Crippen LogP contribution in [-0.4, -0.2) is 12.3 Å². The predicted octanol–water partition coefficient (Wildman–Crippen LogP) is 5.02. The van der Waals surface area contributed by atoms with E-state index in [0.29, 0.717) is 16.3 Å². The lowest BCUT2D eigenvalue weighted by Crippen LogP contribution is -2.13. The zero-order chi connectivity index (χ0) is 17.0. The molecule has 0 saturated carbocycles. The number of ether oxygens (including phenoxy) is 2. The van der Waals surface area contributed by atoms with Gasteiger partial charge in [0.25, 0.3) is 5.17 Å². The average Bonchev–Trinajstić information content (AvgIpc) is 2.51. The summed E-state index contributed by atoms with van der Waals surface area (Å²) in [6.45, 7) is 3.86. The van der Waals surface area contributed by atoms with Crippen LogP contribution >= 0.6 is 23.8 Å². The van der Waals surface area contributed by atoms with Crippen molar-refractivity contribution in [1.82, 2.24) is 0 Å². The lowest BCUT2D eigenvalue weighted by molar-refractivity contribution is 0.290. The van der Waals surface area contributed by atoms with E-state index >= 15 is 0 Å². The smallest absolute Gasteiger partial charge is 0.260 e. The maximum absolute atomic E-state index is 14.0. The highest BCUT2D eigenvalue weighted by Crippen LogP contribution is 2.28. The molecule has 2 aromatic carbocycles. The Morgan fingerprint density at radius 1 is 1.26 bits per heavy atom. The first kappa shape index (κ1) is 17.5. The van der Waals surface area contributed by atoms with Crippen LogP contribution in [0.3, 0.4) is 0 Å². The zero-order valence-corrected chi connectivity index (χ0v) is 14.6. The van der Waals surface area contributed by atoms with Crippen molar-refractivity contribution in [2.24, 2.45) is 0 Å². The number of benzene rings is 2. The molecule has 0 fully saturated rings. The van der Waals surface area contributed by atoms with Crippen LogP contribution in [-0.2, 0) is 11.3 Å². The molecule has 0 aliphatic rings. The number of anilines is 1. The molecule has 2 aromatic rings. The molecule has 0 atom stereocenters. The van der Waals surface area contributed by atoms with Crippen molar-refractivity contribution in [3.63, 3.8) is 0 Å². The number of halogens is 2. The summed E-state index contributed by atoms with van der Waals surface area (Å²) in [5.74, 6) is -0.213. The van der Waals surface area contributed by atoms with E-state index in [0.717, 1.165) is 11.1 Å². The first-order valence-corrected chi connectivity index (χ1v) is 7.73. The average molecular weight is 354 g/mol. The minimum absolute atomic E-state index is 0.105. The van der Waals surface area contributed by atoms with Crippen molar-refractivity contribution in [3.05, 3.63) is 57.9 Å². The summed E-state index contributed by atoms with van der Waals surface area (Å²) < 4.78 is 24.5. The third-order valence-corrected chi connectivity index (χ3v) is 4.08. The molecule has 2 rings (SSSR count). The Bertz CT molecular complexity index is 737. The van der Waals surface area contributed by atoms with Gasteiger partial charge < -0.3 is 14.8 Å². The summed E-state index contributed by atoms with van der Waals surface area (Å²) in [4.78, 5) is 0. The van der Waals surface area contributed by atoms with E-state index in [1.54, 1.807) is 24.3 Å². The van der Waals surface area contributed by atoms with Crippen LogP contribution in [0.4, 0.5) is 10.1 Å². The van der Waals surface area contributed by atoms with Crippen molar-refractivity contribution in [2.45, 2.75) is 20.5 Å². The highest BCUT2D eigenvalue weighted by molar-refractivity contribution is 7.80. The van der Waals surface area contributed by atoms with E-state index in [4.69, 9.17) is 33.3 Å². The maximum atomic E-state index is 14.0. The van der Waals surface area contributed by atoms with Gasteiger partial charge in [-0.2, -0.15) is 0 Å². The summed E-state index contributed by atoms with van der Waals surface area (Å²) in [7, 11) is 1.47. The normalized spacial score (nSPS) is 10.3. The van der Waals surface area contributed by atoms with Crippen molar-refractivity contribution in [2.75, 3.05) is 12.4 Å². The summed E-state index contributed by atoms with van der Waals surface area (Å²) in [5, 5.41) is 3.64. The second-order valence-electron chi connectivity index (χ2n) is 5.04. The lowest BCUT2D eigenvalue weighted by Gasteiger charge is -2.15. The largest absolute Gasteiger partial charge is 0.486 e. The molecule has 6 heteroatoms. The minimum Gasteiger partial charge on any atom is -0.486 e. The Morgan fingerprint density at radius 2 is 1.96 bits per heavy atom. The molecule has 23 heavy (non-hydrogen) atoms. The second kappa shape index (κ2) is 7.62. The molecule has 0 amide bonds. The van der Waals surface area contributed by atoms with E-state index < -0.39 is 5.82 Å². The van der Waals surface area contributed by atoms with Gasteiger partial charge in [-0.05, 0) is 61.5 Å². The van der Waals surface area contributed by atoms with Crippen LogP contribution in [0.15, 0.2) is 30.3 Å². The first-order valence-electron chi connectivity index (χ1n) is 6.94. The van der Waals surface area contributed by atoms with Gasteiger partial charge in [-0.1, -0.05) is 17.7 Å². The van der Waals surface area contributed by atoms with E-state index in [1.165, 1.54) is 13.2 Å². The van der Waals surface area contributed by atoms with Crippen molar-refractivity contribution < 1.29 is 13.9 Å². The first-order chi connectivity index (χ1) is 10.9. The summed E-state index contributed by atoms with van der Waals surface area (Å²) in [5.41, 5.74) is 3.17. The van der Waals surface area contributed by atoms with Gasteiger partial charge in [0.15, 0.2) is 11.6 Å². The number of hydrogen-bond acceptors (Lipinski definition) is 3. The van der Waals surface area contributed by atoms with Gasteiger partial charge in [-0.3, -0.25) is 0 Å². The third-order valence-electron chi connectivity index (χ3n) is 3.46. The Kier molecular flexibility index (Phi) is 5.80. The van der Waals surface area contributed by atoms with E-state index in [1.807, 2.05) is 13.8 Å². The minimum atomic E-state index is -0.401. The Hall–Kier alpha value is -1.85. The summed E-state index contributed by atoms with van der Waals surface area (Å²) in [6.07, 6.45) is 0. The van der Waals surface area contributed by atoms with Gasteiger partial charge >= 0.3 is 0 Å². The van der Waals surface area contributed by atoms with Crippen molar-refractivity contribution in [3.8, 4) is 5.75 Å². The van der Waals surface area contributed by atoms with E-state index in [2.05, 4.69) is 5.32 Å². The molecule has 0 unspecified atom stereocenters. The highest BCUT2D eigenvalue weighted by Gasteiger charge is 2.12. The number of rotatable bonds is 4. The molecule has 0 saturated heterocycles. The van der Waals surface area contributed by atoms with Crippen LogP contribution < -0.4 is 10.1 Å². The Morgan fingerprint density at radius 3 is 2.65 bits per heavy atom. The second-order valence-corrected chi connectivity index (χ2v) is 5.82. The van der Waals surface area contributed by atoms with Crippen LogP contribution in [0.25, 0.3) is 0 Å². The van der Waals surface area contributed by atoms with Crippen molar-refractivity contribution >= 4 is 34.7 Å². The maximum Gasteiger partial charge on any atom is 0.260 e. The molecule has 0 aromatic heterocycles. The monoisotopic (exact) mass is 353 g/mol. The summed E-state index contributed by atoms with van der Waals surface area (Å²) >= 11 is 11.2. The van der Waals surface area contributed by atoms with Gasteiger partial charge in [0.05, 0.1) is 7.11 Å². The molecule has 0 aliphatic heterocycles. The Balaban J connectivity index is 2.23. The fourth-order valence-corrected chi connectivity index (χ4v) is 2.34. The predicted molar refractivity (Wildman–Crippen MR) is 94.9 cm³/mol. The topological polar surface area (TPSA) is 30.5 Å². The van der Waals surface area contributed by atoms with Crippen molar-refractivity contribution in [1.29, 1.82) is 0 Å². The molecule has 0 heterocycles. The van der Waals surface area contributed by atoms with Gasteiger partial charge in [-0.25, -0.2) is 4.39 Å². The molecular weight excluding hydrogens is 337 g/mol. The number of nitrogens with one attached hydrogen (secondary N) is 1. The van der Waals surface area contributed by atoms with Gasteiger partial charge in [0, 0.05) is 16.3 Å². The molecule has 1 N–H and O–H groups in total. The molecule has 0 aliphatic carbocycles. The van der Waals surface area contributed by atoms with Gasteiger partial charge in [0.2, 0.25) is 0 Å².